The van der Waals surface area contributed by atoms with Gasteiger partial charge >= 0.3 is 0 Å². The van der Waals surface area contributed by atoms with Crippen molar-refractivity contribution in [2.45, 2.75) is 19.3 Å². The van der Waals surface area contributed by atoms with Crippen LogP contribution in [0, 0.1) is 5.92 Å². The zero-order valence-electron chi connectivity index (χ0n) is 6.51. The van der Waals surface area contributed by atoms with E-state index in [1.165, 1.54) is 12.8 Å². The third-order valence-electron chi connectivity index (χ3n) is 2.06. The first-order chi connectivity index (χ1) is 5.34. The molecule has 3 nitrogen and oxygen atoms in total. The van der Waals surface area contributed by atoms with E-state index < -0.39 is 0 Å². The van der Waals surface area contributed by atoms with E-state index >= 15 is 0 Å². The number of nitrogens with two attached hydrogens (primary N) is 1. The van der Waals surface area contributed by atoms with Crippen molar-refractivity contribution in [2.24, 2.45) is 16.6 Å². The molecule has 60 valence electrons. The average Bonchev–Trinajstić information content (AvgIpc) is 2.71. The molecule has 3 N–H and O–H groups in total. The molecule has 0 spiro atoms. The number of hydrogen-bond donors (Lipinski definition) is 2. The summed E-state index contributed by atoms with van der Waals surface area (Å²) in [6.07, 6.45) is 5.72. The summed E-state index contributed by atoms with van der Waals surface area (Å²) in [4.78, 5) is 4.31. The Morgan fingerprint density at radius 2 is 2.45 bits per heavy atom. The summed E-state index contributed by atoms with van der Waals surface area (Å²) < 4.78 is 0. The predicted molar refractivity (Wildman–Crippen MR) is 45.0 cm³/mol. The van der Waals surface area contributed by atoms with Crippen LogP contribution in [0.5, 0.6) is 0 Å². The third-order valence-corrected chi connectivity index (χ3v) is 2.06. The summed E-state index contributed by atoms with van der Waals surface area (Å²) in [5.41, 5.74) is 5.59. The van der Waals surface area contributed by atoms with Gasteiger partial charge in [0, 0.05) is 6.42 Å². The second-order valence-electron chi connectivity index (χ2n) is 3.22. The highest BCUT2D eigenvalue weighted by molar-refractivity contribution is 5.84. The maximum Gasteiger partial charge on any atom is 0.102 e. The van der Waals surface area contributed by atoms with E-state index in [4.69, 9.17) is 5.73 Å². The van der Waals surface area contributed by atoms with E-state index in [0.29, 0.717) is 0 Å². The van der Waals surface area contributed by atoms with Crippen LogP contribution in [0.25, 0.3) is 0 Å². The van der Waals surface area contributed by atoms with Gasteiger partial charge in [0.15, 0.2) is 0 Å². The average molecular weight is 151 g/mol. The summed E-state index contributed by atoms with van der Waals surface area (Å²) in [5.74, 6) is 2.72. The van der Waals surface area contributed by atoms with Crippen molar-refractivity contribution in [2.75, 3.05) is 6.54 Å². The highest BCUT2D eigenvalue weighted by Crippen LogP contribution is 2.32. The molecule has 1 aliphatic heterocycles. The van der Waals surface area contributed by atoms with Crippen LogP contribution in [0.3, 0.4) is 0 Å². The summed E-state index contributed by atoms with van der Waals surface area (Å²) in [6.45, 7) is 0.751. The van der Waals surface area contributed by atoms with Gasteiger partial charge in [-0.05, 0) is 24.8 Å². The summed E-state index contributed by atoms with van der Waals surface area (Å²) in [6, 6.07) is 0. The molecule has 11 heavy (non-hydrogen) atoms. The molecule has 0 unspecified atom stereocenters. The molecule has 0 saturated heterocycles. The first kappa shape index (κ1) is 6.70. The zero-order chi connectivity index (χ0) is 7.68. The van der Waals surface area contributed by atoms with Crippen LogP contribution in [-0.2, 0) is 0 Å². The Hall–Kier alpha value is -0.990. The molecule has 0 atom stereocenters. The van der Waals surface area contributed by atoms with Crippen LogP contribution < -0.4 is 11.1 Å². The van der Waals surface area contributed by atoms with Crippen LogP contribution in [0.15, 0.2) is 16.9 Å². The Morgan fingerprint density at radius 3 is 3.09 bits per heavy atom. The van der Waals surface area contributed by atoms with E-state index in [-0.39, 0.29) is 0 Å². The molecule has 0 aromatic heterocycles. The lowest BCUT2D eigenvalue weighted by Gasteiger charge is -2.12. The first-order valence-electron chi connectivity index (χ1n) is 4.10. The second-order valence-corrected chi connectivity index (χ2v) is 3.22. The van der Waals surface area contributed by atoms with Gasteiger partial charge in [0.25, 0.3) is 0 Å². The number of nitrogens with one attached hydrogen (secondary N) is 1. The molecule has 0 aromatic rings. The Balaban J connectivity index is 1.88. The van der Waals surface area contributed by atoms with E-state index in [2.05, 4.69) is 10.3 Å². The fraction of sp³-hybridized carbons (Fsp3) is 0.625. The number of rotatable bonds is 2. The van der Waals surface area contributed by atoms with E-state index in [9.17, 15) is 0 Å². The molecule has 0 radical (unpaired) electrons. The van der Waals surface area contributed by atoms with Crippen molar-refractivity contribution in [3.05, 3.63) is 11.9 Å². The lowest BCUT2D eigenvalue weighted by molar-refractivity contribution is 0.840. The fourth-order valence-electron chi connectivity index (χ4n) is 1.22. The van der Waals surface area contributed by atoms with Crippen molar-refractivity contribution >= 4 is 5.84 Å². The largest absolute Gasteiger partial charge is 0.385 e. The van der Waals surface area contributed by atoms with Crippen LogP contribution >= 0.6 is 0 Å². The lowest BCUT2D eigenvalue weighted by Crippen LogP contribution is -2.30. The molecule has 0 aromatic carbocycles. The Bertz CT molecular complexity index is 213. The van der Waals surface area contributed by atoms with Crippen molar-refractivity contribution < 1.29 is 0 Å². The van der Waals surface area contributed by atoms with Gasteiger partial charge in [-0.1, -0.05) is 0 Å². The SMILES string of the molecule is NC1=CCN=C(CC2CC2)N1. The van der Waals surface area contributed by atoms with Crippen molar-refractivity contribution in [1.82, 2.24) is 5.32 Å². The molecule has 0 bridgehead atoms. The normalized spacial score (nSPS) is 23.6. The first-order valence-corrected chi connectivity index (χ1v) is 4.10. The molecular weight excluding hydrogens is 138 g/mol. The summed E-state index contributed by atoms with van der Waals surface area (Å²) >= 11 is 0. The minimum atomic E-state index is 0.751. The molecule has 1 heterocycles. The number of nitrogens with zero attached hydrogens (tertiary/aromatic N) is 1. The number of aliphatic imine (C=N–C) groups is 1. The monoisotopic (exact) mass is 151 g/mol. The van der Waals surface area contributed by atoms with Gasteiger partial charge in [-0.3, -0.25) is 4.99 Å². The molecule has 0 amide bonds. The van der Waals surface area contributed by atoms with Crippen LogP contribution in [0.1, 0.15) is 19.3 Å². The summed E-state index contributed by atoms with van der Waals surface area (Å²) in [5, 5.41) is 3.08. The highest BCUT2D eigenvalue weighted by Gasteiger charge is 2.23. The van der Waals surface area contributed by atoms with E-state index in [1.807, 2.05) is 6.08 Å². The maximum atomic E-state index is 5.59. The number of hydrogen-bond acceptors (Lipinski definition) is 3. The molecule has 2 rings (SSSR count). The van der Waals surface area contributed by atoms with Crippen molar-refractivity contribution in [1.29, 1.82) is 0 Å². The van der Waals surface area contributed by atoms with Gasteiger partial charge < -0.3 is 11.1 Å². The maximum absolute atomic E-state index is 5.59. The molecule has 1 saturated carbocycles. The highest BCUT2D eigenvalue weighted by atomic mass is 15.1. The Morgan fingerprint density at radius 1 is 1.64 bits per heavy atom. The van der Waals surface area contributed by atoms with Crippen LogP contribution in [0.4, 0.5) is 0 Å². The topological polar surface area (TPSA) is 50.4 Å². The Kier molecular flexibility index (Phi) is 1.56. The number of amidine groups is 1. The molecule has 2 aliphatic rings. The van der Waals surface area contributed by atoms with Gasteiger partial charge in [0.1, 0.15) is 5.84 Å². The van der Waals surface area contributed by atoms with Crippen molar-refractivity contribution in [3.63, 3.8) is 0 Å². The Labute approximate surface area is 66.4 Å². The van der Waals surface area contributed by atoms with E-state index in [0.717, 1.165) is 30.5 Å². The standard InChI is InChI=1S/C8H13N3/c9-7-3-4-10-8(11-7)5-6-1-2-6/h3,6H,1-2,4-5,9H2,(H,10,11). The minimum Gasteiger partial charge on any atom is -0.385 e. The van der Waals surface area contributed by atoms with Crippen molar-refractivity contribution in [3.8, 4) is 0 Å². The molecular formula is C8H13N3. The third kappa shape index (κ3) is 1.73. The van der Waals surface area contributed by atoms with Gasteiger partial charge in [0.05, 0.1) is 12.4 Å². The van der Waals surface area contributed by atoms with Gasteiger partial charge in [-0.2, -0.15) is 0 Å². The second kappa shape index (κ2) is 2.57. The predicted octanol–water partition coefficient (Wildman–Crippen LogP) is 0.588. The van der Waals surface area contributed by atoms with Gasteiger partial charge in [-0.25, -0.2) is 0 Å². The van der Waals surface area contributed by atoms with Gasteiger partial charge in [0.2, 0.25) is 0 Å². The summed E-state index contributed by atoms with van der Waals surface area (Å²) in [7, 11) is 0. The fourth-order valence-corrected chi connectivity index (χ4v) is 1.22. The smallest absolute Gasteiger partial charge is 0.102 e. The molecule has 3 heteroatoms. The van der Waals surface area contributed by atoms with Crippen LogP contribution in [0.2, 0.25) is 0 Å². The zero-order valence-corrected chi connectivity index (χ0v) is 6.51. The molecule has 1 fully saturated rings. The lowest BCUT2D eigenvalue weighted by atomic mass is 10.2. The van der Waals surface area contributed by atoms with E-state index in [1.54, 1.807) is 0 Å². The van der Waals surface area contributed by atoms with Crippen LogP contribution in [-0.4, -0.2) is 12.4 Å². The minimum absolute atomic E-state index is 0.751. The quantitative estimate of drug-likeness (QED) is 0.606. The molecule has 1 aliphatic carbocycles. The van der Waals surface area contributed by atoms with Gasteiger partial charge in [-0.15, -0.1) is 0 Å².